The fourth-order valence-corrected chi connectivity index (χ4v) is 2.51. The highest BCUT2D eigenvalue weighted by Crippen LogP contribution is 2.33. The van der Waals surface area contributed by atoms with Gasteiger partial charge in [-0.1, -0.05) is 5.21 Å². The second-order valence-corrected chi connectivity index (χ2v) is 5.09. The molecule has 0 spiro atoms. The molecule has 0 amide bonds. The topological polar surface area (TPSA) is 69.0 Å². The first-order chi connectivity index (χ1) is 8.79. The van der Waals surface area contributed by atoms with E-state index in [0.29, 0.717) is 11.6 Å². The molecular formula is C12H18N4O2. The maximum absolute atomic E-state index is 11.7. The largest absolute Gasteiger partial charge is 0.464 e. The molecule has 18 heavy (non-hydrogen) atoms. The molecule has 6 heteroatoms. The molecule has 1 aromatic rings. The predicted octanol–water partition coefficient (Wildman–Crippen LogP) is 0.899. The van der Waals surface area contributed by atoms with Crippen molar-refractivity contribution in [2.24, 2.45) is 5.92 Å². The Balaban J connectivity index is 1.92. The Morgan fingerprint density at radius 3 is 2.94 bits per heavy atom. The number of carbonyl (C=O) groups is 1. The quantitative estimate of drug-likeness (QED) is 0.804. The van der Waals surface area contributed by atoms with Gasteiger partial charge in [-0.05, 0) is 38.1 Å². The van der Waals surface area contributed by atoms with Crippen LogP contribution in [-0.2, 0) is 11.3 Å². The van der Waals surface area contributed by atoms with Crippen molar-refractivity contribution in [2.75, 3.05) is 13.7 Å². The third-order valence-corrected chi connectivity index (χ3v) is 3.67. The SMILES string of the molecule is COC(=O)c1nnn(CC2CC2)c1C1CCCN1. The van der Waals surface area contributed by atoms with Crippen molar-refractivity contribution < 1.29 is 9.53 Å². The molecular weight excluding hydrogens is 232 g/mol. The fraction of sp³-hybridized carbons (Fsp3) is 0.750. The lowest BCUT2D eigenvalue weighted by atomic mass is 10.1. The van der Waals surface area contributed by atoms with Crippen LogP contribution in [0.15, 0.2) is 0 Å². The van der Waals surface area contributed by atoms with Gasteiger partial charge in [0, 0.05) is 6.54 Å². The molecule has 1 unspecified atom stereocenters. The van der Waals surface area contributed by atoms with Crippen LogP contribution in [0, 0.1) is 5.92 Å². The van der Waals surface area contributed by atoms with Gasteiger partial charge in [-0.3, -0.25) is 0 Å². The summed E-state index contributed by atoms with van der Waals surface area (Å²) in [4.78, 5) is 11.7. The second-order valence-electron chi connectivity index (χ2n) is 5.09. The first-order valence-electron chi connectivity index (χ1n) is 6.54. The normalized spacial score (nSPS) is 23.3. The molecule has 0 bridgehead atoms. The third-order valence-electron chi connectivity index (χ3n) is 3.67. The highest BCUT2D eigenvalue weighted by molar-refractivity contribution is 5.88. The van der Waals surface area contributed by atoms with E-state index in [4.69, 9.17) is 4.74 Å². The van der Waals surface area contributed by atoms with Crippen molar-refractivity contribution in [1.82, 2.24) is 20.3 Å². The maximum atomic E-state index is 11.7. The van der Waals surface area contributed by atoms with Gasteiger partial charge in [0.1, 0.15) is 0 Å². The molecule has 1 saturated heterocycles. The van der Waals surface area contributed by atoms with Crippen LogP contribution in [0.1, 0.15) is 47.9 Å². The Morgan fingerprint density at radius 2 is 2.33 bits per heavy atom. The smallest absolute Gasteiger partial charge is 0.360 e. The summed E-state index contributed by atoms with van der Waals surface area (Å²) in [6.45, 7) is 1.86. The Kier molecular flexibility index (Phi) is 3.03. The second kappa shape index (κ2) is 4.68. The molecule has 2 fully saturated rings. The van der Waals surface area contributed by atoms with Crippen LogP contribution in [0.4, 0.5) is 0 Å². The van der Waals surface area contributed by atoms with E-state index in [1.165, 1.54) is 20.0 Å². The van der Waals surface area contributed by atoms with E-state index in [9.17, 15) is 4.79 Å². The zero-order chi connectivity index (χ0) is 12.5. The lowest BCUT2D eigenvalue weighted by Crippen LogP contribution is -2.21. The highest BCUT2D eigenvalue weighted by atomic mass is 16.5. The number of nitrogens with one attached hydrogen (secondary N) is 1. The van der Waals surface area contributed by atoms with Crippen LogP contribution in [-0.4, -0.2) is 34.6 Å². The van der Waals surface area contributed by atoms with Gasteiger partial charge in [-0.15, -0.1) is 5.10 Å². The molecule has 1 atom stereocenters. The van der Waals surface area contributed by atoms with E-state index in [1.54, 1.807) is 0 Å². The van der Waals surface area contributed by atoms with Gasteiger partial charge < -0.3 is 10.1 Å². The van der Waals surface area contributed by atoms with Crippen molar-refractivity contribution in [3.05, 3.63) is 11.4 Å². The number of carbonyl (C=O) groups excluding carboxylic acids is 1. The number of aromatic nitrogens is 3. The lowest BCUT2D eigenvalue weighted by Gasteiger charge is -2.13. The highest BCUT2D eigenvalue weighted by Gasteiger charge is 2.31. The van der Waals surface area contributed by atoms with Crippen molar-refractivity contribution >= 4 is 5.97 Å². The molecule has 1 aliphatic carbocycles. The molecule has 3 rings (SSSR count). The van der Waals surface area contributed by atoms with Crippen molar-refractivity contribution in [2.45, 2.75) is 38.3 Å². The first kappa shape index (κ1) is 11.6. The molecule has 98 valence electrons. The summed E-state index contributed by atoms with van der Waals surface area (Å²) in [7, 11) is 1.38. The summed E-state index contributed by atoms with van der Waals surface area (Å²) in [5.41, 5.74) is 1.28. The van der Waals surface area contributed by atoms with Gasteiger partial charge in [0.2, 0.25) is 0 Å². The molecule has 2 heterocycles. The minimum Gasteiger partial charge on any atom is -0.464 e. The number of nitrogens with zero attached hydrogens (tertiary/aromatic N) is 3. The Morgan fingerprint density at radius 1 is 1.50 bits per heavy atom. The summed E-state index contributed by atoms with van der Waals surface area (Å²) in [5.74, 6) is 0.318. The maximum Gasteiger partial charge on any atom is 0.360 e. The minimum atomic E-state index is -0.388. The molecule has 1 saturated carbocycles. The van der Waals surface area contributed by atoms with Crippen LogP contribution in [0.25, 0.3) is 0 Å². The molecule has 1 N–H and O–H groups in total. The number of hydrogen-bond acceptors (Lipinski definition) is 5. The molecule has 6 nitrogen and oxygen atoms in total. The van der Waals surface area contributed by atoms with E-state index in [2.05, 4.69) is 15.6 Å². The van der Waals surface area contributed by atoms with Gasteiger partial charge in [-0.25, -0.2) is 9.48 Å². The summed E-state index contributed by atoms with van der Waals surface area (Å²) in [6, 6.07) is 0.188. The van der Waals surface area contributed by atoms with Crippen LogP contribution in [0.3, 0.4) is 0 Å². The molecule has 2 aliphatic rings. The van der Waals surface area contributed by atoms with Gasteiger partial charge >= 0.3 is 5.97 Å². The zero-order valence-electron chi connectivity index (χ0n) is 10.6. The monoisotopic (exact) mass is 250 g/mol. The number of hydrogen-bond donors (Lipinski definition) is 1. The number of methoxy groups -OCH3 is 1. The summed E-state index contributed by atoms with van der Waals surface area (Å²) in [5, 5.41) is 11.6. The van der Waals surface area contributed by atoms with E-state index in [-0.39, 0.29) is 12.0 Å². The van der Waals surface area contributed by atoms with Crippen molar-refractivity contribution in [1.29, 1.82) is 0 Å². The van der Waals surface area contributed by atoms with E-state index in [0.717, 1.165) is 31.6 Å². The van der Waals surface area contributed by atoms with Crippen LogP contribution >= 0.6 is 0 Å². The van der Waals surface area contributed by atoms with Gasteiger partial charge in [-0.2, -0.15) is 0 Å². The molecule has 1 aliphatic heterocycles. The third kappa shape index (κ3) is 2.12. The average molecular weight is 250 g/mol. The van der Waals surface area contributed by atoms with E-state index < -0.39 is 0 Å². The Labute approximate surface area is 106 Å². The average Bonchev–Trinajstić information content (AvgIpc) is 2.89. The Hall–Kier alpha value is -1.43. The number of rotatable bonds is 4. The fourth-order valence-electron chi connectivity index (χ4n) is 2.51. The summed E-state index contributed by atoms with van der Waals surface area (Å²) < 4.78 is 6.68. The summed E-state index contributed by atoms with van der Waals surface area (Å²) in [6.07, 6.45) is 4.66. The zero-order valence-corrected chi connectivity index (χ0v) is 10.6. The van der Waals surface area contributed by atoms with Gasteiger partial charge in [0.15, 0.2) is 5.69 Å². The Bertz CT molecular complexity index is 447. The lowest BCUT2D eigenvalue weighted by molar-refractivity contribution is 0.0591. The van der Waals surface area contributed by atoms with Gasteiger partial charge in [0.25, 0.3) is 0 Å². The molecule has 1 aromatic heterocycles. The van der Waals surface area contributed by atoms with Gasteiger partial charge in [0.05, 0.1) is 18.8 Å². The van der Waals surface area contributed by atoms with Crippen LogP contribution < -0.4 is 5.32 Å². The standard InChI is InChI=1S/C12H18N4O2/c1-18-12(17)10-11(9-3-2-6-13-9)16(15-14-10)7-8-4-5-8/h8-9,13H,2-7H2,1H3. The molecule has 0 aromatic carbocycles. The van der Waals surface area contributed by atoms with Crippen LogP contribution in [0.5, 0.6) is 0 Å². The predicted molar refractivity (Wildman–Crippen MR) is 64.1 cm³/mol. The van der Waals surface area contributed by atoms with Crippen molar-refractivity contribution in [3.63, 3.8) is 0 Å². The molecule has 0 radical (unpaired) electrons. The number of ether oxygens (including phenoxy) is 1. The van der Waals surface area contributed by atoms with Crippen molar-refractivity contribution in [3.8, 4) is 0 Å². The number of esters is 1. The van der Waals surface area contributed by atoms with E-state index >= 15 is 0 Å². The minimum absolute atomic E-state index is 0.188. The van der Waals surface area contributed by atoms with Crippen LogP contribution in [0.2, 0.25) is 0 Å². The first-order valence-corrected chi connectivity index (χ1v) is 6.54. The summed E-state index contributed by atoms with van der Waals surface area (Å²) >= 11 is 0. The van der Waals surface area contributed by atoms with E-state index in [1.807, 2.05) is 4.68 Å².